The van der Waals surface area contributed by atoms with E-state index in [-0.39, 0.29) is 0 Å². The van der Waals surface area contributed by atoms with E-state index in [0.717, 1.165) is 46.6 Å². The predicted molar refractivity (Wildman–Crippen MR) is 95.3 cm³/mol. The molecule has 24 heavy (non-hydrogen) atoms. The fourth-order valence-electron chi connectivity index (χ4n) is 2.71. The monoisotopic (exact) mass is 315 g/mol. The van der Waals surface area contributed by atoms with E-state index in [1.165, 1.54) is 0 Å². The van der Waals surface area contributed by atoms with E-state index < -0.39 is 0 Å². The molecule has 118 valence electrons. The minimum absolute atomic E-state index is 0.730. The summed E-state index contributed by atoms with van der Waals surface area (Å²) in [6, 6.07) is 16.1. The van der Waals surface area contributed by atoms with Gasteiger partial charge in [-0.3, -0.25) is 4.68 Å². The molecule has 4 rings (SSSR count). The number of hydrogen-bond acceptors (Lipinski definition) is 3. The molecule has 2 heterocycles. The van der Waals surface area contributed by atoms with Gasteiger partial charge in [-0.05, 0) is 23.8 Å². The second kappa shape index (κ2) is 6.12. The first kappa shape index (κ1) is 14.4. The minimum atomic E-state index is 0.730. The van der Waals surface area contributed by atoms with E-state index in [4.69, 9.17) is 0 Å². The van der Waals surface area contributed by atoms with Gasteiger partial charge in [-0.1, -0.05) is 48.2 Å². The van der Waals surface area contributed by atoms with E-state index >= 15 is 0 Å². The van der Waals surface area contributed by atoms with Crippen LogP contribution in [-0.4, -0.2) is 25.0 Å². The second-order valence-corrected chi connectivity index (χ2v) is 5.65. The molecule has 2 aromatic carbocycles. The highest BCUT2D eigenvalue weighted by atomic mass is 15.4. The third-order valence-corrected chi connectivity index (χ3v) is 3.97. The highest BCUT2D eigenvalue weighted by Crippen LogP contribution is 2.18. The van der Waals surface area contributed by atoms with E-state index in [2.05, 4.69) is 32.9 Å². The number of aromatic nitrogens is 5. The number of hydrogen-bond donors (Lipinski definition) is 1. The Bertz CT molecular complexity index is 963. The maximum atomic E-state index is 4.59. The summed E-state index contributed by atoms with van der Waals surface area (Å²) in [5.41, 5.74) is 5.04. The van der Waals surface area contributed by atoms with Crippen molar-refractivity contribution in [2.24, 2.45) is 0 Å². The maximum Gasteiger partial charge on any atom is 0.113 e. The van der Waals surface area contributed by atoms with Crippen LogP contribution < -0.4 is 0 Å². The maximum absolute atomic E-state index is 4.59. The SMILES string of the molecule is C=Cc1cccc(-c2cn(CCc3nc4ccccc4[nH]3)nn2)c1. The number of para-hydroxylation sites is 2. The van der Waals surface area contributed by atoms with Crippen LogP contribution in [0.2, 0.25) is 0 Å². The molecule has 5 heteroatoms. The Hall–Kier alpha value is -3.21. The van der Waals surface area contributed by atoms with Crippen LogP contribution in [0.1, 0.15) is 11.4 Å². The smallest absolute Gasteiger partial charge is 0.113 e. The summed E-state index contributed by atoms with van der Waals surface area (Å²) < 4.78 is 1.85. The quantitative estimate of drug-likeness (QED) is 0.611. The Morgan fingerprint density at radius 1 is 1.12 bits per heavy atom. The van der Waals surface area contributed by atoms with Crippen LogP contribution >= 0.6 is 0 Å². The first-order chi connectivity index (χ1) is 11.8. The lowest BCUT2D eigenvalue weighted by Gasteiger charge is -1.98. The van der Waals surface area contributed by atoms with E-state index in [1.54, 1.807) is 0 Å². The van der Waals surface area contributed by atoms with E-state index in [1.807, 2.05) is 59.4 Å². The van der Waals surface area contributed by atoms with Gasteiger partial charge in [0.2, 0.25) is 0 Å². The largest absolute Gasteiger partial charge is 0.342 e. The van der Waals surface area contributed by atoms with Crippen molar-refractivity contribution in [3.8, 4) is 11.3 Å². The second-order valence-electron chi connectivity index (χ2n) is 5.65. The minimum Gasteiger partial charge on any atom is -0.342 e. The summed E-state index contributed by atoms with van der Waals surface area (Å²) in [5, 5.41) is 8.48. The van der Waals surface area contributed by atoms with Gasteiger partial charge in [0.05, 0.1) is 17.2 Å². The molecule has 0 radical (unpaired) electrons. The van der Waals surface area contributed by atoms with Gasteiger partial charge in [-0.25, -0.2) is 4.98 Å². The Kier molecular flexibility index (Phi) is 3.67. The third kappa shape index (κ3) is 2.84. The molecule has 0 fully saturated rings. The first-order valence-corrected chi connectivity index (χ1v) is 7.88. The molecule has 0 spiro atoms. The Balaban J connectivity index is 1.49. The molecule has 0 aliphatic rings. The summed E-state index contributed by atoms with van der Waals surface area (Å²) in [6.45, 7) is 4.53. The third-order valence-electron chi connectivity index (χ3n) is 3.97. The van der Waals surface area contributed by atoms with Gasteiger partial charge in [0.25, 0.3) is 0 Å². The highest BCUT2D eigenvalue weighted by Gasteiger charge is 2.06. The number of fused-ring (bicyclic) bond motifs is 1. The summed E-state index contributed by atoms with van der Waals surface area (Å²) in [6.07, 6.45) is 4.57. The molecule has 2 aromatic heterocycles. The lowest BCUT2D eigenvalue weighted by Crippen LogP contribution is -2.03. The summed E-state index contributed by atoms with van der Waals surface area (Å²) in [4.78, 5) is 7.92. The van der Waals surface area contributed by atoms with E-state index in [9.17, 15) is 0 Å². The lowest BCUT2D eigenvalue weighted by atomic mass is 10.1. The zero-order chi connectivity index (χ0) is 16.4. The summed E-state index contributed by atoms with van der Waals surface area (Å²) in [5.74, 6) is 0.960. The van der Waals surface area contributed by atoms with Crippen molar-refractivity contribution >= 4 is 17.1 Å². The van der Waals surface area contributed by atoms with Gasteiger partial charge in [0.1, 0.15) is 11.5 Å². The molecule has 1 N–H and O–H groups in total. The van der Waals surface area contributed by atoms with Crippen LogP contribution in [-0.2, 0) is 13.0 Å². The zero-order valence-corrected chi connectivity index (χ0v) is 13.2. The normalized spacial score (nSPS) is 11.0. The van der Waals surface area contributed by atoms with Crippen molar-refractivity contribution in [3.63, 3.8) is 0 Å². The van der Waals surface area contributed by atoms with Gasteiger partial charge in [-0.15, -0.1) is 5.10 Å². The molecule has 0 saturated heterocycles. The molecular weight excluding hydrogens is 298 g/mol. The van der Waals surface area contributed by atoms with Crippen molar-refractivity contribution in [1.29, 1.82) is 0 Å². The topological polar surface area (TPSA) is 59.4 Å². The molecule has 0 bridgehead atoms. The van der Waals surface area contributed by atoms with E-state index in [0.29, 0.717) is 0 Å². The van der Waals surface area contributed by atoms with Crippen LogP contribution in [0.4, 0.5) is 0 Å². The lowest BCUT2D eigenvalue weighted by molar-refractivity contribution is 0.580. The first-order valence-electron chi connectivity index (χ1n) is 7.88. The number of rotatable bonds is 5. The highest BCUT2D eigenvalue weighted by molar-refractivity contribution is 5.74. The standard InChI is InChI=1S/C19H17N5/c1-2-14-6-5-7-15(12-14)18-13-24(23-22-18)11-10-19-20-16-8-3-4-9-17(16)21-19/h2-9,12-13H,1,10-11H2,(H,20,21). The van der Waals surface area contributed by atoms with Crippen molar-refractivity contribution in [2.45, 2.75) is 13.0 Å². The van der Waals surface area contributed by atoms with Crippen molar-refractivity contribution in [1.82, 2.24) is 25.0 Å². The molecule has 0 unspecified atom stereocenters. The molecule has 4 aromatic rings. The number of nitrogens with zero attached hydrogens (tertiary/aromatic N) is 4. The van der Waals surface area contributed by atoms with Gasteiger partial charge in [-0.2, -0.15) is 0 Å². The van der Waals surface area contributed by atoms with Crippen molar-refractivity contribution in [3.05, 3.63) is 72.7 Å². The fourth-order valence-corrected chi connectivity index (χ4v) is 2.71. The average Bonchev–Trinajstić information content (AvgIpc) is 3.26. The Morgan fingerprint density at radius 3 is 2.92 bits per heavy atom. The molecule has 5 nitrogen and oxygen atoms in total. The van der Waals surface area contributed by atoms with Crippen molar-refractivity contribution in [2.75, 3.05) is 0 Å². The summed E-state index contributed by atoms with van der Waals surface area (Å²) in [7, 11) is 0. The molecule has 0 aliphatic carbocycles. The number of benzene rings is 2. The molecule has 0 aliphatic heterocycles. The molecule has 0 amide bonds. The van der Waals surface area contributed by atoms with Crippen LogP contribution in [0, 0.1) is 0 Å². The number of nitrogens with one attached hydrogen (secondary N) is 1. The van der Waals surface area contributed by atoms with Gasteiger partial charge >= 0.3 is 0 Å². The molecule has 0 saturated carbocycles. The fraction of sp³-hybridized carbons (Fsp3) is 0.105. The predicted octanol–water partition coefficient (Wildman–Crippen LogP) is 3.71. The molecular formula is C19H17N5. The van der Waals surface area contributed by atoms with Crippen LogP contribution in [0.25, 0.3) is 28.4 Å². The van der Waals surface area contributed by atoms with Crippen LogP contribution in [0.15, 0.2) is 61.3 Å². The Morgan fingerprint density at radius 2 is 2.04 bits per heavy atom. The summed E-state index contributed by atoms with van der Waals surface area (Å²) >= 11 is 0. The van der Waals surface area contributed by atoms with Crippen LogP contribution in [0.5, 0.6) is 0 Å². The number of H-pyrrole nitrogens is 1. The Labute approximate surface area is 139 Å². The van der Waals surface area contributed by atoms with Crippen LogP contribution in [0.3, 0.4) is 0 Å². The number of aromatic amines is 1. The number of imidazole rings is 1. The van der Waals surface area contributed by atoms with Gasteiger partial charge in [0, 0.05) is 18.5 Å². The van der Waals surface area contributed by atoms with Gasteiger partial charge in [0.15, 0.2) is 0 Å². The average molecular weight is 315 g/mol. The molecule has 0 atom stereocenters. The number of aryl methyl sites for hydroxylation is 2. The van der Waals surface area contributed by atoms with Gasteiger partial charge < -0.3 is 4.98 Å². The zero-order valence-electron chi connectivity index (χ0n) is 13.2. The van der Waals surface area contributed by atoms with Crippen molar-refractivity contribution < 1.29 is 0 Å².